The summed E-state index contributed by atoms with van der Waals surface area (Å²) in [5, 5.41) is 13.9. The van der Waals surface area contributed by atoms with Crippen LogP contribution in [0.2, 0.25) is 0 Å². The highest BCUT2D eigenvalue weighted by Gasteiger charge is 2.31. The maximum Gasteiger partial charge on any atom is 0.407 e. The van der Waals surface area contributed by atoms with Crippen LogP contribution >= 0.6 is 0 Å². The number of hydrogen-bond acceptors (Lipinski definition) is 7. The summed E-state index contributed by atoms with van der Waals surface area (Å²) in [5.74, 6) is -2.20. The number of aliphatic hydroxyl groups excluding tert-OH is 1. The summed E-state index contributed by atoms with van der Waals surface area (Å²) in [5.41, 5.74) is 4.21. The maximum absolute atomic E-state index is 12.5. The van der Waals surface area contributed by atoms with Gasteiger partial charge in [-0.15, -0.1) is 0 Å². The van der Waals surface area contributed by atoms with Crippen LogP contribution in [0.4, 0.5) is 4.79 Å². The van der Waals surface area contributed by atoms with Crippen LogP contribution in [-0.2, 0) is 23.9 Å². The van der Waals surface area contributed by atoms with Crippen molar-refractivity contribution in [3.8, 4) is 11.1 Å². The fourth-order valence-corrected chi connectivity index (χ4v) is 3.79. The number of benzene rings is 2. The predicted octanol–water partition coefficient (Wildman–Crippen LogP) is 1.52. The van der Waals surface area contributed by atoms with Gasteiger partial charge in [0.15, 0.2) is 5.78 Å². The summed E-state index contributed by atoms with van der Waals surface area (Å²) in [4.78, 5) is 48.3. The molecule has 1 aliphatic rings. The van der Waals surface area contributed by atoms with Crippen molar-refractivity contribution >= 4 is 23.8 Å². The van der Waals surface area contributed by atoms with E-state index in [9.17, 15) is 24.3 Å². The smallest absolute Gasteiger partial charge is 0.407 e. The number of Topliss-reactive ketones (excluding diaryl/α,β-unsaturated/α-hetero) is 1. The van der Waals surface area contributed by atoms with Gasteiger partial charge in [0.25, 0.3) is 0 Å². The number of nitrogens with one attached hydrogen (secondary N) is 2. The quantitative estimate of drug-likeness (QED) is 0.490. The molecule has 9 nitrogen and oxygen atoms in total. The Morgan fingerprint density at radius 2 is 1.52 bits per heavy atom. The van der Waals surface area contributed by atoms with Crippen molar-refractivity contribution in [2.75, 3.05) is 20.3 Å². The highest BCUT2D eigenvalue weighted by Crippen LogP contribution is 2.44. The van der Waals surface area contributed by atoms with Crippen LogP contribution in [0, 0.1) is 0 Å². The number of aliphatic hydroxyl groups is 1. The molecule has 174 valence electrons. The van der Waals surface area contributed by atoms with E-state index in [0.29, 0.717) is 0 Å². The molecular weight excluding hydrogens is 428 g/mol. The summed E-state index contributed by atoms with van der Waals surface area (Å²) < 4.78 is 10.00. The monoisotopic (exact) mass is 454 g/mol. The normalized spacial score (nSPS) is 13.8. The summed E-state index contributed by atoms with van der Waals surface area (Å²) in [6.07, 6.45) is -1.37. The van der Waals surface area contributed by atoms with E-state index in [2.05, 4.69) is 15.4 Å². The molecule has 2 aromatic rings. The van der Waals surface area contributed by atoms with E-state index in [1.807, 2.05) is 48.5 Å². The van der Waals surface area contributed by atoms with Gasteiger partial charge in [0, 0.05) is 5.92 Å². The van der Waals surface area contributed by atoms with Gasteiger partial charge < -0.3 is 25.2 Å². The van der Waals surface area contributed by atoms with Crippen LogP contribution < -0.4 is 10.6 Å². The van der Waals surface area contributed by atoms with Crippen molar-refractivity contribution in [1.29, 1.82) is 0 Å². The lowest BCUT2D eigenvalue weighted by atomic mass is 9.98. The van der Waals surface area contributed by atoms with Crippen LogP contribution in [0.5, 0.6) is 0 Å². The van der Waals surface area contributed by atoms with Gasteiger partial charge in [0.1, 0.15) is 18.7 Å². The Kier molecular flexibility index (Phi) is 7.78. The van der Waals surface area contributed by atoms with Gasteiger partial charge in [0.05, 0.1) is 20.1 Å². The van der Waals surface area contributed by atoms with Crippen LogP contribution in [-0.4, -0.2) is 61.3 Å². The molecule has 3 rings (SSSR count). The molecule has 0 bridgehead atoms. The van der Waals surface area contributed by atoms with Crippen LogP contribution in [0.15, 0.2) is 48.5 Å². The first-order valence-electron chi connectivity index (χ1n) is 10.5. The molecule has 0 saturated heterocycles. The number of ether oxygens (including phenoxy) is 2. The zero-order valence-corrected chi connectivity index (χ0v) is 18.4. The second-order valence-electron chi connectivity index (χ2n) is 7.66. The third kappa shape index (κ3) is 5.56. The first-order chi connectivity index (χ1) is 15.8. The van der Waals surface area contributed by atoms with Crippen LogP contribution in [0.1, 0.15) is 30.4 Å². The molecule has 1 aliphatic carbocycles. The Morgan fingerprint density at radius 1 is 0.939 bits per heavy atom. The number of ketones is 1. The Bertz CT molecular complexity index is 1010. The standard InChI is InChI=1S/C24H26N2O7/c1-14(28)21(12-27)25-23(30)20(11-22(29)32-2)26-24(31)33-13-19-17-9-5-3-7-15(17)16-8-4-6-10-18(16)19/h3-10,19-21,27H,11-13H2,1-2H3,(H,25,30)(H,26,31)/t20-,21+/m1/s1. The van der Waals surface area contributed by atoms with E-state index in [-0.39, 0.29) is 12.5 Å². The summed E-state index contributed by atoms with van der Waals surface area (Å²) >= 11 is 0. The molecule has 0 radical (unpaired) electrons. The molecule has 0 aliphatic heterocycles. The molecule has 3 N–H and O–H groups in total. The number of carbonyl (C=O) groups is 4. The number of amides is 2. The van der Waals surface area contributed by atoms with Crippen molar-refractivity contribution in [3.05, 3.63) is 59.7 Å². The average molecular weight is 454 g/mol. The van der Waals surface area contributed by atoms with E-state index < -0.39 is 48.9 Å². The van der Waals surface area contributed by atoms with E-state index in [1.54, 1.807) is 0 Å². The van der Waals surface area contributed by atoms with Crippen molar-refractivity contribution in [3.63, 3.8) is 0 Å². The predicted molar refractivity (Wildman–Crippen MR) is 118 cm³/mol. The number of carbonyl (C=O) groups excluding carboxylic acids is 4. The molecule has 33 heavy (non-hydrogen) atoms. The van der Waals surface area contributed by atoms with Gasteiger partial charge in [-0.3, -0.25) is 14.4 Å². The van der Waals surface area contributed by atoms with Gasteiger partial charge in [-0.2, -0.15) is 0 Å². The first-order valence-corrected chi connectivity index (χ1v) is 10.5. The second kappa shape index (κ2) is 10.7. The molecule has 9 heteroatoms. The van der Waals surface area contributed by atoms with Crippen LogP contribution in [0.3, 0.4) is 0 Å². The zero-order chi connectivity index (χ0) is 24.0. The summed E-state index contributed by atoms with van der Waals surface area (Å²) in [6.45, 7) is 0.617. The summed E-state index contributed by atoms with van der Waals surface area (Å²) in [6, 6.07) is 13.2. The zero-order valence-electron chi connectivity index (χ0n) is 18.4. The third-order valence-corrected chi connectivity index (χ3v) is 5.54. The summed E-state index contributed by atoms with van der Waals surface area (Å²) in [7, 11) is 1.15. The lowest BCUT2D eigenvalue weighted by molar-refractivity contribution is -0.143. The number of esters is 1. The van der Waals surface area contributed by atoms with Crippen LogP contribution in [0.25, 0.3) is 11.1 Å². The van der Waals surface area contributed by atoms with Gasteiger partial charge in [-0.05, 0) is 29.2 Å². The molecule has 0 unspecified atom stereocenters. The van der Waals surface area contributed by atoms with Crippen molar-refractivity contribution in [2.24, 2.45) is 0 Å². The van der Waals surface area contributed by atoms with Gasteiger partial charge in [-0.1, -0.05) is 48.5 Å². The molecule has 0 heterocycles. The first kappa shape index (κ1) is 23.9. The number of fused-ring (bicyclic) bond motifs is 3. The molecule has 2 aromatic carbocycles. The lowest BCUT2D eigenvalue weighted by Crippen LogP contribution is -2.53. The van der Waals surface area contributed by atoms with Gasteiger partial charge in [0.2, 0.25) is 5.91 Å². The molecule has 0 aromatic heterocycles. The van der Waals surface area contributed by atoms with Gasteiger partial charge in [-0.25, -0.2) is 4.79 Å². The fraction of sp³-hybridized carbons (Fsp3) is 0.333. The topological polar surface area (TPSA) is 131 Å². The minimum atomic E-state index is -1.35. The molecular formula is C24H26N2O7. The van der Waals surface area contributed by atoms with Gasteiger partial charge >= 0.3 is 12.1 Å². The van der Waals surface area contributed by atoms with Crippen molar-refractivity contribution in [1.82, 2.24) is 10.6 Å². The number of methoxy groups -OCH3 is 1. The Balaban J connectivity index is 1.68. The Hall–Kier alpha value is -3.72. The Morgan fingerprint density at radius 3 is 2.03 bits per heavy atom. The highest BCUT2D eigenvalue weighted by atomic mass is 16.5. The second-order valence-corrected chi connectivity index (χ2v) is 7.66. The lowest BCUT2D eigenvalue weighted by Gasteiger charge is -2.21. The third-order valence-electron chi connectivity index (χ3n) is 5.54. The SMILES string of the molecule is COC(=O)C[C@@H](NC(=O)OCC1c2ccccc2-c2ccccc21)C(=O)N[C@@H](CO)C(C)=O. The molecule has 0 spiro atoms. The maximum atomic E-state index is 12.5. The van der Waals surface area contributed by atoms with E-state index in [0.717, 1.165) is 29.4 Å². The van der Waals surface area contributed by atoms with Crippen molar-refractivity contribution in [2.45, 2.75) is 31.3 Å². The highest BCUT2D eigenvalue weighted by molar-refractivity contribution is 5.93. The number of hydrogen-bond donors (Lipinski definition) is 3. The number of rotatable bonds is 9. The largest absolute Gasteiger partial charge is 0.469 e. The average Bonchev–Trinajstić information content (AvgIpc) is 3.14. The van der Waals surface area contributed by atoms with Crippen molar-refractivity contribution < 1.29 is 33.8 Å². The minimum absolute atomic E-state index is 0.0269. The van der Waals surface area contributed by atoms with E-state index in [1.165, 1.54) is 6.92 Å². The Labute approximate surface area is 191 Å². The van der Waals surface area contributed by atoms with E-state index >= 15 is 0 Å². The molecule has 0 fully saturated rings. The number of alkyl carbamates (subject to hydrolysis) is 1. The molecule has 2 atom stereocenters. The molecule has 0 saturated carbocycles. The van der Waals surface area contributed by atoms with E-state index in [4.69, 9.17) is 4.74 Å². The molecule has 2 amide bonds. The minimum Gasteiger partial charge on any atom is -0.469 e. The fourth-order valence-electron chi connectivity index (χ4n) is 3.79.